The summed E-state index contributed by atoms with van der Waals surface area (Å²) in [6.07, 6.45) is 0. The Hall–Kier alpha value is -9.12. The highest BCUT2D eigenvalue weighted by molar-refractivity contribution is 6.19. The molecule has 15 aromatic rings. The number of hydrogen-bond donors (Lipinski definition) is 0. The van der Waals surface area contributed by atoms with Crippen molar-refractivity contribution in [3.8, 4) is 33.9 Å². The zero-order chi connectivity index (χ0) is 44.5. The maximum atomic E-state index is 5.46. The van der Waals surface area contributed by atoms with Crippen molar-refractivity contribution in [2.24, 2.45) is 0 Å². The summed E-state index contributed by atoms with van der Waals surface area (Å²) in [5, 5.41) is 17.0. The van der Waals surface area contributed by atoms with E-state index < -0.39 is 0 Å². The van der Waals surface area contributed by atoms with Gasteiger partial charge in [0.05, 0.1) is 50.2 Å². The summed E-state index contributed by atoms with van der Waals surface area (Å²) >= 11 is 0. The lowest BCUT2D eigenvalue weighted by atomic mass is 9.96. The Bertz CT molecular complexity index is 4630. The largest absolute Gasteiger partial charge is 0.309 e. The van der Waals surface area contributed by atoms with Gasteiger partial charge in [-0.05, 0) is 110 Å². The van der Waals surface area contributed by atoms with Gasteiger partial charge in [-0.2, -0.15) is 0 Å². The molecule has 12 aromatic carbocycles. The van der Waals surface area contributed by atoms with E-state index in [-0.39, 0.29) is 0 Å². The Balaban J connectivity index is 0.959. The first kappa shape index (κ1) is 37.1. The van der Waals surface area contributed by atoms with Gasteiger partial charge < -0.3 is 9.13 Å². The molecule has 4 heteroatoms. The van der Waals surface area contributed by atoms with Gasteiger partial charge in [0.15, 0.2) is 0 Å². The first-order valence-electron chi connectivity index (χ1n) is 23.3. The van der Waals surface area contributed by atoms with Gasteiger partial charge in [-0.25, -0.2) is 9.97 Å². The molecular formula is C64H38N4. The first-order valence-corrected chi connectivity index (χ1v) is 23.3. The lowest BCUT2D eigenvalue weighted by Gasteiger charge is -2.17. The lowest BCUT2D eigenvalue weighted by molar-refractivity contribution is 1.19. The summed E-state index contributed by atoms with van der Waals surface area (Å²) in [7, 11) is 0. The molecule has 0 bridgehead atoms. The van der Waals surface area contributed by atoms with Gasteiger partial charge in [0, 0.05) is 49.1 Å². The average Bonchev–Trinajstić information content (AvgIpc) is 3.91. The molecule has 0 radical (unpaired) electrons. The molecule has 314 valence electrons. The number of hydrogen-bond acceptors (Lipinski definition) is 2. The molecule has 0 aliphatic heterocycles. The van der Waals surface area contributed by atoms with Crippen LogP contribution in [0.1, 0.15) is 0 Å². The maximum Gasteiger partial charge on any atom is 0.0974 e. The Morgan fingerprint density at radius 1 is 0.265 bits per heavy atom. The minimum atomic E-state index is 0.854. The van der Waals surface area contributed by atoms with Crippen LogP contribution < -0.4 is 0 Å². The van der Waals surface area contributed by atoms with Gasteiger partial charge in [-0.1, -0.05) is 164 Å². The van der Waals surface area contributed by atoms with Crippen LogP contribution in [0.25, 0.3) is 142 Å². The molecule has 15 rings (SSSR count). The van der Waals surface area contributed by atoms with Crippen molar-refractivity contribution in [3.05, 3.63) is 231 Å². The number of benzene rings is 12. The molecule has 68 heavy (non-hydrogen) atoms. The molecule has 0 aliphatic carbocycles. The normalized spacial score (nSPS) is 12.1. The fraction of sp³-hybridized carbons (Fsp3) is 0. The van der Waals surface area contributed by atoms with Crippen LogP contribution >= 0.6 is 0 Å². The molecule has 4 nitrogen and oxygen atoms in total. The van der Waals surface area contributed by atoms with Crippen molar-refractivity contribution in [2.45, 2.75) is 0 Å². The molecule has 0 atom stereocenters. The van der Waals surface area contributed by atoms with Crippen LogP contribution in [0.3, 0.4) is 0 Å². The fourth-order valence-corrected chi connectivity index (χ4v) is 11.3. The van der Waals surface area contributed by atoms with E-state index >= 15 is 0 Å². The van der Waals surface area contributed by atoms with Gasteiger partial charge in [-0.15, -0.1) is 0 Å². The third-order valence-corrected chi connectivity index (χ3v) is 14.4. The molecule has 0 saturated heterocycles. The van der Waals surface area contributed by atoms with E-state index in [0.717, 1.165) is 61.3 Å². The molecule has 0 unspecified atom stereocenters. The zero-order valence-corrected chi connectivity index (χ0v) is 36.7. The average molecular weight is 863 g/mol. The Morgan fingerprint density at radius 2 is 0.794 bits per heavy atom. The zero-order valence-electron chi connectivity index (χ0n) is 36.7. The second kappa shape index (κ2) is 14.2. The summed E-state index contributed by atoms with van der Waals surface area (Å²) in [6.45, 7) is 0. The molecule has 0 N–H and O–H groups in total. The van der Waals surface area contributed by atoms with Crippen LogP contribution in [0, 0.1) is 0 Å². The quantitative estimate of drug-likeness (QED) is 0.165. The topological polar surface area (TPSA) is 35.6 Å². The Morgan fingerprint density at radius 3 is 1.59 bits per heavy atom. The van der Waals surface area contributed by atoms with Crippen LogP contribution in [0.4, 0.5) is 0 Å². The summed E-state index contributed by atoms with van der Waals surface area (Å²) in [5.74, 6) is 0. The molecule has 0 aliphatic rings. The minimum absolute atomic E-state index is 0.854. The third-order valence-electron chi connectivity index (χ3n) is 14.4. The van der Waals surface area contributed by atoms with Gasteiger partial charge in [0.2, 0.25) is 0 Å². The second-order valence-corrected chi connectivity index (χ2v) is 18.1. The highest BCUT2D eigenvalue weighted by Gasteiger charge is 2.21. The molecule has 0 saturated carbocycles. The van der Waals surface area contributed by atoms with Crippen molar-refractivity contribution < 1.29 is 0 Å². The van der Waals surface area contributed by atoms with Crippen LogP contribution in [-0.4, -0.2) is 19.1 Å². The Kier molecular flexibility index (Phi) is 7.75. The number of nitrogens with zero attached hydrogens (tertiary/aromatic N) is 4. The number of fused-ring (bicyclic) bond motifs is 14. The minimum Gasteiger partial charge on any atom is -0.309 e. The number of rotatable bonds is 4. The number of aromatic nitrogens is 4. The predicted octanol–water partition coefficient (Wildman–Crippen LogP) is 16.9. The monoisotopic (exact) mass is 862 g/mol. The summed E-state index contributed by atoms with van der Waals surface area (Å²) < 4.78 is 4.93. The summed E-state index contributed by atoms with van der Waals surface area (Å²) in [6, 6.07) is 84.0. The number of para-hydroxylation sites is 4. The van der Waals surface area contributed by atoms with Crippen LogP contribution in [0.2, 0.25) is 0 Å². The van der Waals surface area contributed by atoms with E-state index in [1.807, 2.05) is 12.1 Å². The van der Waals surface area contributed by atoms with E-state index in [9.17, 15) is 0 Å². The van der Waals surface area contributed by atoms with Crippen LogP contribution in [-0.2, 0) is 0 Å². The van der Waals surface area contributed by atoms with Gasteiger partial charge in [0.25, 0.3) is 0 Å². The molecule has 0 amide bonds. The van der Waals surface area contributed by atoms with Crippen LogP contribution in [0.15, 0.2) is 231 Å². The molecule has 0 spiro atoms. The molecule has 3 aromatic heterocycles. The van der Waals surface area contributed by atoms with Gasteiger partial charge in [0.1, 0.15) is 0 Å². The summed E-state index contributed by atoms with van der Waals surface area (Å²) in [5.41, 5.74) is 12.5. The van der Waals surface area contributed by atoms with E-state index in [0.29, 0.717) is 0 Å². The van der Waals surface area contributed by atoms with Crippen LogP contribution in [0.5, 0.6) is 0 Å². The Labute approximate surface area is 390 Å². The van der Waals surface area contributed by atoms with E-state index in [2.05, 4.69) is 228 Å². The van der Waals surface area contributed by atoms with Crippen molar-refractivity contribution in [1.82, 2.24) is 19.1 Å². The van der Waals surface area contributed by atoms with E-state index in [1.165, 1.54) is 81.1 Å². The van der Waals surface area contributed by atoms with E-state index in [4.69, 9.17) is 9.97 Å². The van der Waals surface area contributed by atoms with Gasteiger partial charge in [-0.3, -0.25) is 0 Å². The summed E-state index contributed by atoms with van der Waals surface area (Å²) in [4.78, 5) is 10.9. The lowest BCUT2D eigenvalue weighted by Crippen LogP contribution is -1.99. The van der Waals surface area contributed by atoms with Crippen molar-refractivity contribution in [1.29, 1.82) is 0 Å². The third kappa shape index (κ3) is 5.43. The van der Waals surface area contributed by atoms with Crippen molar-refractivity contribution in [2.75, 3.05) is 0 Å². The standard InChI is InChI=1S/C64H38N4/c1-4-16-48-39(13-1)25-26-43-33-44(29-31-49(43)48)62-63(66-57-22-10-9-21-56(57)65-62)46-34-42-15-3-5-17-50(42)60(38-46)68-59-24-12-8-20-53(59)55-36-45-35-47(30-27-41(45)37-61(55)68)67-58-23-11-7-19-52(58)54-32-28-40-14-2-6-18-51(40)64(54)67/h1-38H. The van der Waals surface area contributed by atoms with Gasteiger partial charge >= 0.3 is 0 Å². The van der Waals surface area contributed by atoms with Crippen molar-refractivity contribution in [3.63, 3.8) is 0 Å². The second-order valence-electron chi connectivity index (χ2n) is 18.1. The highest BCUT2D eigenvalue weighted by atomic mass is 15.0. The van der Waals surface area contributed by atoms with Crippen molar-refractivity contribution >= 4 is 109 Å². The highest BCUT2D eigenvalue weighted by Crippen LogP contribution is 2.43. The molecular weight excluding hydrogens is 825 g/mol. The smallest absolute Gasteiger partial charge is 0.0974 e. The predicted molar refractivity (Wildman–Crippen MR) is 287 cm³/mol. The maximum absolute atomic E-state index is 5.46. The SMILES string of the molecule is c1ccc2c(-n3c4ccccc4c4cc5cc(-n6c7ccccc7c7ccc8ccccc8c76)ccc5cc43)cc(-c3nc4ccccc4nc3-c3ccc4c(ccc5ccccc54)c3)cc2c1. The fourth-order valence-electron chi connectivity index (χ4n) is 11.3. The first-order chi connectivity index (χ1) is 33.7. The van der Waals surface area contributed by atoms with E-state index in [1.54, 1.807) is 0 Å². The molecule has 3 heterocycles. The molecule has 0 fully saturated rings.